The summed E-state index contributed by atoms with van der Waals surface area (Å²) >= 11 is 6.41. The van der Waals surface area contributed by atoms with E-state index in [0.29, 0.717) is 26.2 Å². The highest BCUT2D eigenvalue weighted by atomic mass is 35.5. The zero-order valence-corrected chi connectivity index (χ0v) is 24.3. The molecule has 2 aromatic heterocycles. The highest BCUT2D eigenvalue weighted by Gasteiger charge is 2.38. The van der Waals surface area contributed by atoms with Crippen molar-refractivity contribution < 1.29 is 27.6 Å². The van der Waals surface area contributed by atoms with Crippen molar-refractivity contribution in [2.24, 2.45) is 12.8 Å². The second kappa shape index (κ2) is 12.2. The number of anilines is 1. The summed E-state index contributed by atoms with van der Waals surface area (Å²) in [5.74, 6) is 1.03. The van der Waals surface area contributed by atoms with E-state index in [2.05, 4.69) is 26.6 Å². The summed E-state index contributed by atoms with van der Waals surface area (Å²) in [7, 11) is 1.40. The van der Waals surface area contributed by atoms with Gasteiger partial charge < -0.3 is 30.7 Å². The smallest absolute Gasteiger partial charge is 0.335 e. The normalized spacial score (nSPS) is 18.4. The number of halogens is 4. The first-order valence-corrected chi connectivity index (χ1v) is 14.0. The molecule has 1 aliphatic heterocycles. The number of amides is 4. The SMILES string of the molecule is C#CCn1cc(-c2cnc(C(=O)Nc3ccc(C(=O)N4CCN(C(=O)N[C@H]5C[C@@H](N)C5)CC4)c(Cl)c3)n2C)c(C(F)(F)F)n1. The molecule has 1 aliphatic carbocycles. The number of alkyl halides is 3. The first-order valence-electron chi connectivity index (χ1n) is 13.7. The van der Waals surface area contributed by atoms with E-state index in [1.165, 1.54) is 29.8 Å². The highest BCUT2D eigenvalue weighted by Crippen LogP contribution is 2.36. The van der Waals surface area contributed by atoms with Crippen molar-refractivity contribution >= 4 is 35.1 Å². The number of piperazine rings is 1. The Bertz CT molecular complexity index is 1630. The molecule has 3 heterocycles. The monoisotopic (exact) mass is 631 g/mol. The van der Waals surface area contributed by atoms with Crippen LogP contribution in [0.25, 0.3) is 11.3 Å². The van der Waals surface area contributed by atoms with Gasteiger partial charge in [-0.15, -0.1) is 6.42 Å². The largest absolute Gasteiger partial charge is 0.435 e. The Labute approximate surface area is 255 Å². The van der Waals surface area contributed by atoms with Crippen molar-refractivity contribution in [2.45, 2.75) is 37.6 Å². The van der Waals surface area contributed by atoms with Crippen molar-refractivity contribution in [3.8, 4) is 23.6 Å². The third-order valence-corrected chi connectivity index (χ3v) is 7.88. The van der Waals surface area contributed by atoms with Crippen molar-refractivity contribution in [3.05, 3.63) is 52.7 Å². The fraction of sp³-hybridized carbons (Fsp3) is 0.393. The number of imidazole rings is 1. The van der Waals surface area contributed by atoms with E-state index in [-0.39, 0.29) is 63.9 Å². The standard InChI is InChI=1S/C28H29ClF3N9O3/c1-3-6-41-15-20(23(37-41)28(30,31)32)22-14-34-24(38(22)2)25(42)35-17-4-5-19(21(29)13-17)26(43)39-7-9-40(10-8-39)27(44)36-18-11-16(33)12-18/h1,4-5,13-16,18H,6-12,33H2,2H3,(H,35,42)(H,36,44)/t16-,18+. The Kier molecular flexibility index (Phi) is 8.57. The lowest BCUT2D eigenvalue weighted by atomic mass is 9.88. The number of carbonyl (C=O) groups is 3. The molecule has 0 unspecified atom stereocenters. The number of benzene rings is 1. The average molecular weight is 632 g/mol. The Morgan fingerprint density at radius 2 is 1.84 bits per heavy atom. The van der Waals surface area contributed by atoms with Gasteiger partial charge in [0, 0.05) is 57.2 Å². The fourth-order valence-corrected chi connectivity index (χ4v) is 5.41. The van der Waals surface area contributed by atoms with Gasteiger partial charge in [0.15, 0.2) is 11.5 Å². The molecule has 3 aromatic rings. The zero-order valence-electron chi connectivity index (χ0n) is 23.6. The summed E-state index contributed by atoms with van der Waals surface area (Å²) in [6, 6.07) is 4.39. The number of aromatic nitrogens is 4. The lowest BCUT2D eigenvalue weighted by Gasteiger charge is -2.38. The second-order valence-electron chi connectivity index (χ2n) is 10.6. The summed E-state index contributed by atoms with van der Waals surface area (Å²) in [4.78, 5) is 45.9. The molecule has 1 aromatic carbocycles. The molecule has 4 N–H and O–H groups in total. The van der Waals surface area contributed by atoms with E-state index in [1.807, 2.05) is 0 Å². The summed E-state index contributed by atoms with van der Waals surface area (Å²) in [5, 5.41) is 9.19. The van der Waals surface area contributed by atoms with Gasteiger partial charge in [0.25, 0.3) is 11.8 Å². The second-order valence-corrected chi connectivity index (χ2v) is 11.0. The van der Waals surface area contributed by atoms with Gasteiger partial charge in [-0.25, -0.2) is 9.78 Å². The Morgan fingerprint density at radius 3 is 2.45 bits per heavy atom. The van der Waals surface area contributed by atoms with Crippen molar-refractivity contribution in [1.29, 1.82) is 0 Å². The molecule has 2 aliphatic rings. The molecule has 4 amide bonds. The third-order valence-electron chi connectivity index (χ3n) is 7.56. The predicted octanol–water partition coefficient (Wildman–Crippen LogP) is 2.80. The van der Waals surface area contributed by atoms with E-state index in [4.69, 9.17) is 23.8 Å². The van der Waals surface area contributed by atoms with Crippen LogP contribution in [0.2, 0.25) is 5.02 Å². The van der Waals surface area contributed by atoms with Crippen LogP contribution in [0.4, 0.5) is 23.7 Å². The van der Waals surface area contributed by atoms with Crippen LogP contribution in [0.5, 0.6) is 0 Å². The van der Waals surface area contributed by atoms with Crippen LogP contribution in [0, 0.1) is 12.3 Å². The number of rotatable bonds is 6. The van der Waals surface area contributed by atoms with Gasteiger partial charge in [0.05, 0.1) is 28.0 Å². The van der Waals surface area contributed by atoms with Gasteiger partial charge in [0.2, 0.25) is 0 Å². The zero-order chi connectivity index (χ0) is 31.8. The van der Waals surface area contributed by atoms with Crippen LogP contribution >= 0.6 is 11.6 Å². The van der Waals surface area contributed by atoms with Crippen LogP contribution in [0.1, 0.15) is 39.5 Å². The summed E-state index contributed by atoms with van der Waals surface area (Å²) < 4.78 is 43.1. The number of hydrogen-bond acceptors (Lipinski definition) is 6. The summed E-state index contributed by atoms with van der Waals surface area (Å²) in [6.07, 6.45) is 4.26. The maximum Gasteiger partial charge on any atom is 0.435 e. The van der Waals surface area contributed by atoms with Crippen LogP contribution in [-0.4, -0.2) is 85.2 Å². The summed E-state index contributed by atoms with van der Waals surface area (Å²) in [5.41, 5.74) is 4.81. The third kappa shape index (κ3) is 6.36. The first-order chi connectivity index (χ1) is 20.8. The molecule has 12 nitrogen and oxygen atoms in total. The lowest BCUT2D eigenvalue weighted by molar-refractivity contribution is -0.141. The van der Waals surface area contributed by atoms with Gasteiger partial charge >= 0.3 is 12.2 Å². The molecule has 1 saturated heterocycles. The maximum atomic E-state index is 13.6. The number of nitrogens with zero attached hydrogens (tertiary/aromatic N) is 6. The summed E-state index contributed by atoms with van der Waals surface area (Å²) in [6.45, 7) is 1.21. The molecule has 232 valence electrons. The van der Waals surface area contributed by atoms with Crippen LogP contribution in [-0.2, 0) is 19.8 Å². The molecule has 1 saturated carbocycles. The predicted molar refractivity (Wildman–Crippen MR) is 155 cm³/mol. The maximum absolute atomic E-state index is 13.6. The molecular weight excluding hydrogens is 603 g/mol. The van der Waals surface area contributed by atoms with E-state index in [0.717, 1.165) is 29.9 Å². The van der Waals surface area contributed by atoms with Crippen molar-refractivity contribution in [1.82, 2.24) is 34.4 Å². The number of nitrogens with one attached hydrogen (secondary N) is 2. The Hall–Kier alpha value is -4.55. The van der Waals surface area contributed by atoms with Crippen molar-refractivity contribution in [3.63, 3.8) is 0 Å². The van der Waals surface area contributed by atoms with E-state index >= 15 is 0 Å². The number of nitrogens with two attached hydrogens (primary N) is 1. The van der Waals surface area contributed by atoms with Gasteiger partial charge in [-0.2, -0.15) is 18.3 Å². The quantitative estimate of drug-likeness (QED) is 0.357. The highest BCUT2D eigenvalue weighted by molar-refractivity contribution is 6.34. The molecule has 5 rings (SSSR count). The van der Waals surface area contributed by atoms with Gasteiger partial charge in [0.1, 0.15) is 6.54 Å². The van der Waals surface area contributed by atoms with Crippen LogP contribution < -0.4 is 16.4 Å². The molecule has 0 bridgehead atoms. The van der Waals surface area contributed by atoms with Gasteiger partial charge in [-0.1, -0.05) is 17.5 Å². The average Bonchev–Trinajstić information content (AvgIpc) is 3.55. The molecule has 44 heavy (non-hydrogen) atoms. The number of hydrogen-bond donors (Lipinski definition) is 3. The minimum absolute atomic E-state index is 0.00883. The van der Waals surface area contributed by atoms with Crippen molar-refractivity contribution in [2.75, 3.05) is 31.5 Å². The minimum Gasteiger partial charge on any atom is -0.335 e. The molecule has 2 fully saturated rings. The first kappa shape index (κ1) is 30.9. The van der Waals surface area contributed by atoms with E-state index in [1.54, 1.807) is 9.80 Å². The molecule has 0 spiro atoms. The lowest BCUT2D eigenvalue weighted by Crippen LogP contribution is -2.57. The number of carbonyl (C=O) groups excluding carboxylic acids is 3. The minimum atomic E-state index is -4.76. The van der Waals surface area contributed by atoms with Crippen LogP contribution in [0.3, 0.4) is 0 Å². The topological polar surface area (TPSA) is 143 Å². The Morgan fingerprint density at radius 1 is 1.16 bits per heavy atom. The van der Waals surface area contributed by atoms with E-state index < -0.39 is 17.8 Å². The molecule has 16 heteroatoms. The number of urea groups is 1. The van der Waals surface area contributed by atoms with E-state index in [9.17, 15) is 27.6 Å². The molecule has 0 atom stereocenters. The number of terminal acetylenes is 1. The Balaban J connectivity index is 1.22. The molecular formula is C28H29ClF3N9O3. The van der Waals surface area contributed by atoms with Crippen LogP contribution in [0.15, 0.2) is 30.6 Å². The fourth-order valence-electron chi connectivity index (χ4n) is 5.15. The molecule has 0 radical (unpaired) electrons. The van der Waals surface area contributed by atoms with Gasteiger partial charge in [-0.3, -0.25) is 14.3 Å². The van der Waals surface area contributed by atoms with Gasteiger partial charge in [-0.05, 0) is 31.0 Å².